The average Bonchev–Trinajstić information content (AvgIpc) is 3.30. The van der Waals surface area contributed by atoms with Crippen LogP contribution in [0.25, 0.3) is 11.3 Å². The minimum Gasteiger partial charge on any atom is -0.355 e. The number of ketones is 2. The van der Waals surface area contributed by atoms with Gasteiger partial charge in [0.1, 0.15) is 0 Å². The number of nitrogens with zero attached hydrogens (tertiary/aromatic N) is 2. The van der Waals surface area contributed by atoms with Crippen molar-refractivity contribution in [1.82, 2.24) is 5.16 Å². The maximum absolute atomic E-state index is 13.2. The van der Waals surface area contributed by atoms with Crippen molar-refractivity contribution in [3.63, 3.8) is 0 Å². The second-order valence-corrected chi connectivity index (χ2v) is 7.25. The topological polar surface area (TPSA) is 84.0 Å². The molecule has 3 aromatic rings. The maximum Gasteiger partial charge on any atom is 0.210 e. The first kappa shape index (κ1) is 16.6. The molecule has 0 aliphatic heterocycles. The van der Waals surface area contributed by atoms with Crippen molar-refractivity contribution in [3.05, 3.63) is 76.5 Å². The Balaban J connectivity index is 1.57. The van der Waals surface area contributed by atoms with Crippen LogP contribution in [0.4, 0.5) is 0 Å². The molecule has 2 unspecified atom stereocenters. The number of aromatic nitrogens is 1. The third kappa shape index (κ3) is 2.28. The second-order valence-electron chi connectivity index (χ2n) is 7.25. The maximum atomic E-state index is 13.2. The molecule has 5 heteroatoms. The minimum absolute atomic E-state index is 0.0475. The Kier molecular flexibility index (Phi) is 3.73. The summed E-state index contributed by atoms with van der Waals surface area (Å²) >= 11 is 0. The lowest BCUT2D eigenvalue weighted by atomic mass is 9.80. The molecule has 2 aliphatic carbocycles. The SMILES string of the molecule is N#CC(C(=O)c1ccccc1)C(=O)c1noc2c1C1CCCc3cccc-2c31. The molecule has 1 heterocycles. The minimum atomic E-state index is -1.43. The van der Waals surface area contributed by atoms with E-state index in [2.05, 4.69) is 11.2 Å². The van der Waals surface area contributed by atoms with Gasteiger partial charge in [-0.25, -0.2) is 0 Å². The van der Waals surface area contributed by atoms with E-state index in [1.54, 1.807) is 30.3 Å². The van der Waals surface area contributed by atoms with E-state index in [9.17, 15) is 14.9 Å². The van der Waals surface area contributed by atoms with E-state index >= 15 is 0 Å². The smallest absolute Gasteiger partial charge is 0.210 e. The van der Waals surface area contributed by atoms with Crippen LogP contribution in [0.15, 0.2) is 53.1 Å². The number of fused-ring (bicyclic) bond motifs is 3. The number of nitriles is 1. The molecular formula is C23H16N2O3. The van der Waals surface area contributed by atoms with Gasteiger partial charge in [-0.15, -0.1) is 0 Å². The third-order valence-electron chi connectivity index (χ3n) is 5.75. The number of carbonyl (C=O) groups is 2. The zero-order valence-corrected chi connectivity index (χ0v) is 15.0. The molecule has 1 aromatic heterocycles. The Morgan fingerprint density at radius 1 is 1.07 bits per heavy atom. The standard InChI is InChI=1S/C23H16N2O3/c24-12-17(21(26)14-6-2-1-3-7-14)22(27)20-19-15-10-4-8-13-9-5-11-16(18(13)15)23(19)28-25-20/h1-3,5-7,9,11,15,17H,4,8,10H2. The highest BCUT2D eigenvalue weighted by Crippen LogP contribution is 2.52. The number of Topliss-reactive ketones (excluding diaryl/α,β-unsaturated/α-hetero) is 2. The van der Waals surface area contributed by atoms with Crippen molar-refractivity contribution >= 4 is 11.6 Å². The molecule has 5 nitrogen and oxygen atoms in total. The van der Waals surface area contributed by atoms with E-state index in [1.165, 1.54) is 11.1 Å². The van der Waals surface area contributed by atoms with Crippen LogP contribution in [-0.2, 0) is 6.42 Å². The highest BCUT2D eigenvalue weighted by Gasteiger charge is 2.42. The summed E-state index contributed by atoms with van der Waals surface area (Å²) in [5.41, 5.74) is 4.67. The van der Waals surface area contributed by atoms with Gasteiger partial charge in [-0.3, -0.25) is 9.59 Å². The lowest BCUT2D eigenvalue weighted by molar-refractivity contribution is 0.0840. The summed E-state index contributed by atoms with van der Waals surface area (Å²) in [4.78, 5) is 25.9. The van der Waals surface area contributed by atoms with Crippen LogP contribution < -0.4 is 0 Å². The molecule has 5 rings (SSSR count). The van der Waals surface area contributed by atoms with Crippen LogP contribution in [0, 0.1) is 17.2 Å². The summed E-state index contributed by atoms with van der Waals surface area (Å²) in [6.07, 6.45) is 2.93. The van der Waals surface area contributed by atoms with Gasteiger partial charge in [0, 0.05) is 22.6 Å². The van der Waals surface area contributed by atoms with Crippen LogP contribution in [0.5, 0.6) is 0 Å². The van der Waals surface area contributed by atoms with Gasteiger partial charge in [0.25, 0.3) is 0 Å². The monoisotopic (exact) mass is 368 g/mol. The van der Waals surface area contributed by atoms with E-state index in [-0.39, 0.29) is 11.6 Å². The molecule has 136 valence electrons. The molecule has 2 aliphatic rings. The Morgan fingerprint density at radius 3 is 2.68 bits per heavy atom. The van der Waals surface area contributed by atoms with Gasteiger partial charge in [0.2, 0.25) is 5.78 Å². The number of carbonyl (C=O) groups excluding carboxylic acids is 2. The summed E-state index contributed by atoms with van der Waals surface area (Å²) in [7, 11) is 0. The molecule has 0 radical (unpaired) electrons. The van der Waals surface area contributed by atoms with Gasteiger partial charge in [-0.1, -0.05) is 53.7 Å². The summed E-state index contributed by atoms with van der Waals surface area (Å²) < 4.78 is 5.56. The zero-order chi connectivity index (χ0) is 19.3. The molecule has 0 saturated carbocycles. The molecule has 2 atom stereocenters. The third-order valence-corrected chi connectivity index (χ3v) is 5.75. The summed E-state index contributed by atoms with van der Waals surface area (Å²) in [5.74, 6) is -1.86. The summed E-state index contributed by atoms with van der Waals surface area (Å²) in [5, 5.41) is 13.6. The largest absolute Gasteiger partial charge is 0.355 e. The van der Waals surface area contributed by atoms with Gasteiger partial charge in [-0.05, 0) is 30.4 Å². The fraction of sp³-hybridized carbons (Fsp3) is 0.217. The summed E-state index contributed by atoms with van der Waals surface area (Å²) in [6.45, 7) is 0. The fourth-order valence-electron chi connectivity index (χ4n) is 4.50. The predicted molar refractivity (Wildman–Crippen MR) is 101 cm³/mol. The fourth-order valence-corrected chi connectivity index (χ4v) is 4.50. The Labute approximate surface area is 161 Å². The molecule has 28 heavy (non-hydrogen) atoms. The Hall–Kier alpha value is -3.52. The van der Waals surface area contributed by atoms with Crippen LogP contribution in [-0.4, -0.2) is 16.7 Å². The van der Waals surface area contributed by atoms with Crippen LogP contribution >= 0.6 is 0 Å². The summed E-state index contributed by atoms with van der Waals surface area (Å²) in [6, 6.07) is 16.4. The first-order valence-corrected chi connectivity index (χ1v) is 9.35. The molecule has 0 amide bonds. The van der Waals surface area contributed by atoms with E-state index < -0.39 is 17.5 Å². The Morgan fingerprint density at radius 2 is 1.89 bits per heavy atom. The van der Waals surface area contributed by atoms with Gasteiger partial charge < -0.3 is 4.52 Å². The Bertz CT molecular complexity index is 1150. The van der Waals surface area contributed by atoms with Crippen molar-refractivity contribution < 1.29 is 14.1 Å². The van der Waals surface area contributed by atoms with Crippen molar-refractivity contribution in [1.29, 1.82) is 5.26 Å². The molecule has 0 spiro atoms. The molecule has 2 aromatic carbocycles. The van der Waals surface area contributed by atoms with Crippen LogP contribution in [0.1, 0.15) is 56.3 Å². The molecule has 0 fully saturated rings. The lowest BCUT2D eigenvalue weighted by Crippen LogP contribution is -2.24. The molecule has 0 N–H and O–H groups in total. The van der Waals surface area contributed by atoms with E-state index in [4.69, 9.17) is 4.52 Å². The van der Waals surface area contributed by atoms with E-state index in [0.29, 0.717) is 11.3 Å². The lowest BCUT2D eigenvalue weighted by Gasteiger charge is -2.22. The van der Waals surface area contributed by atoms with Crippen molar-refractivity contribution in [3.8, 4) is 17.4 Å². The second kappa shape index (κ2) is 6.28. The van der Waals surface area contributed by atoms with E-state index in [0.717, 1.165) is 30.4 Å². The van der Waals surface area contributed by atoms with Crippen molar-refractivity contribution in [2.45, 2.75) is 25.2 Å². The van der Waals surface area contributed by atoms with Gasteiger partial charge >= 0.3 is 0 Å². The van der Waals surface area contributed by atoms with Gasteiger partial charge in [-0.2, -0.15) is 5.26 Å². The first-order valence-electron chi connectivity index (χ1n) is 9.35. The van der Waals surface area contributed by atoms with E-state index in [1.807, 2.05) is 18.2 Å². The molecule has 0 bridgehead atoms. The number of benzene rings is 2. The normalized spacial score (nSPS) is 17.3. The number of rotatable bonds is 4. The van der Waals surface area contributed by atoms with Gasteiger partial charge in [0.15, 0.2) is 23.2 Å². The highest BCUT2D eigenvalue weighted by atomic mass is 16.5. The number of hydrogen-bond donors (Lipinski definition) is 0. The van der Waals surface area contributed by atoms with Crippen molar-refractivity contribution in [2.24, 2.45) is 5.92 Å². The molecule has 0 saturated heterocycles. The first-order chi connectivity index (χ1) is 13.7. The highest BCUT2D eigenvalue weighted by molar-refractivity contribution is 6.18. The zero-order valence-electron chi connectivity index (χ0n) is 15.0. The average molecular weight is 368 g/mol. The predicted octanol–water partition coefficient (Wildman–Crippen LogP) is 4.33. The molecular weight excluding hydrogens is 352 g/mol. The van der Waals surface area contributed by atoms with Crippen molar-refractivity contribution in [2.75, 3.05) is 0 Å². The quantitative estimate of drug-likeness (QED) is 0.505. The van der Waals surface area contributed by atoms with Gasteiger partial charge in [0.05, 0.1) is 6.07 Å². The number of hydrogen-bond acceptors (Lipinski definition) is 5. The van der Waals surface area contributed by atoms with Crippen LogP contribution in [0.2, 0.25) is 0 Å². The van der Waals surface area contributed by atoms with Crippen LogP contribution in [0.3, 0.4) is 0 Å². The number of aryl methyl sites for hydroxylation is 1.